The zero-order valence-electron chi connectivity index (χ0n) is 15.5. The molecule has 0 bridgehead atoms. The summed E-state index contributed by atoms with van der Waals surface area (Å²) in [7, 11) is -1.49. The maximum absolute atomic E-state index is 4.49. The molecule has 2 aromatic rings. The molecule has 0 fully saturated rings. The van der Waals surface area contributed by atoms with Crippen molar-refractivity contribution in [3.63, 3.8) is 0 Å². The summed E-state index contributed by atoms with van der Waals surface area (Å²) in [6.45, 7) is 5.53. The molecule has 0 saturated heterocycles. The minimum Gasteiger partial charge on any atom is -0.293 e. The summed E-state index contributed by atoms with van der Waals surface area (Å²) in [4.78, 5) is 4.49. The minimum atomic E-state index is -1.49. The molecule has 2 heteroatoms. The maximum atomic E-state index is 4.49. The van der Waals surface area contributed by atoms with Crippen LogP contribution in [0.3, 0.4) is 0 Å². The number of allylic oxidation sites excluding steroid dienone is 1. The van der Waals surface area contributed by atoms with Crippen molar-refractivity contribution in [2.75, 3.05) is 0 Å². The van der Waals surface area contributed by atoms with E-state index >= 15 is 0 Å². The summed E-state index contributed by atoms with van der Waals surface area (Å²) >= 11 is 0. The van der Waals surface area contributed by atoms with Gasteiger partial charge in [-0.15, -0.1) is 5.73 Å². The Morgan fingerprint density at radius 3 is 2.24 bits per heavy atom. The number of nitrogens with zero attached hydrogens (tertiary/aromatic N) is 1. The highest BCUT2D eigenvalue weighted by Crippen LogP contribution is 2.05. The van der Waals surface area contributed by atoms with Crippen molar-refractivity contribution in [1.29, 1.82) is 0 Å². The predicted molar refractivity (Wildman–Crippen MR) is 113 cm³/mol. The van der Waals surface area contributed by atoms with E-state index in [4.69, 9.17) is 0 Å². The fourth-order valence-electron chi connectivity index (χ4n) is 2.63. The van der Waals surface area contributed by atoms with Gasteiger partial charge >= 0.3 is 0 Å². The summed E-state index contributed by atoms with van der Waals surface area (Å²) in [5, 5.41) is 1.46. The Balaban J connectivity index is 1.63. The fraction of sp³-hybridized carbons (Fsp3) is 0.304. The van der Waals surface area contributed by atoms with Gasteiger partial charge < -0.3 is 0 Å². The minimum absolute atomic E-state index is 0.794. The maximum Gasteiger partial charge on any atom is 0.112 e. The molecular weight excluding hydrogens is 318 g/mol. The van der Waals surface area contributed by atoms with E-state index in [9.17, 15) is 0 Å². The molecule has 2 rings (SSSR count). The second-order valence-electron chi connectivity index (χ2n) is 6.90. The third kappa shape index (κ3) is 7.51. The number of unbranched alkanes of at least 4 members (excludes halogenated alkanes) is 3. The Labute approximate surface area is 153 Å². The SMILES string of the molecule is C[Si](C)(C=C=CCCCCC=NCc1ccccc1)c1ccccc1. The third-order valence-electron chi connectivity index (χ3n) is 4.26. The van der Waals surface area contributed by atoms with Crippen LogP contribution in [-0.4, -0.2) is 14.3 Å². The van der Waals surface area contributed by atoms with Gasteiger partial charge in [-0.2, -0.15) is 0 Å². The highest BCUT2D eigenvalue weighted by molar-refractivity contribution is 6.93. The van der Waals surface area contributed by atoms with Gasteiger partial charge in [-0.3, -0.25) is 4.99 Å². The molecule has 0 N–H and O–H groups in total. The molecule has 0 atom stereocenters. The van der Waals surface area contributed by atoms with Gasteiger partial charge in [-0.1, -0.05) is 78.9 Å². The third-order valence-corrected chi connectivity index (χ3v) is 6.97. The van der Waals surface area contributed by atoms with Gasteiger partial charge in [-0.25, -0.2) is 0 Å². The van der Waals surface area contributed by atoms with Crippen LogP contribution < -0.4 is 5.19 Å². The normalized spacial score (nSPS) is 11.3. The average Bonchev–Trinajstić information content (AvgIpc) is 2.65. The topological polar surface area (TPSA) is 12.4 Å². The van der Waals surface area contributed by atoms with Crippen LogP contribution in [0.25, 0.3) is 0 Å². The van der Waals surface area contributed by atoms with Crippen LogP contribution >= 0.6 is 0 Å². The van der Waals surface area contributed by atoms with E-state index in [2.05, 4.69) is 96.4 Å². The van der Waals surface area contributed by atoms with Gasteiger partial charge in [0.25, 0.3) is 0 Å². The van der Waals surface area contributed by atoms with Gasteiger partial charge in [0.05, 0.1) is 6.54 Å². The molecular formula is C23H29NSi. The first-order chi connectivity index (χ1) is 12.2. The molecule has 0 unspecified atom stereocenters. The quantitative estimate of drug-likeness (QED) is 0.239. The lowest BCUT2D eigenvalue weighted by atomic mass is 10.2. The van der Waals surface area contributed by atoms with Gasteiger partial charge in [-0.05, 0) is 49.2 Å². The first-order valence-corrected chi connectivity index (χ1v) is 12.3. The number of hydrogen-bond acceptors (Lipinski definition) is 1. The van der Waals surface area contributed by atoms with E-state index in [-0.39, 0.29) is 0 Å². The molecule has 0 aliphatic rings. The molecule has 0 saturated carbocycles. The molecule has 0 aliphatic carbocycles. The zero-order valence-corrected chi connectivity index (χ0v) is 16.5. The number of hydrogen-bond donors (Lipinski definition) is 0. The molecule has 130 valence electrons. The summed E-state index contributed by atoms with van der Waals surface area (Å²) in [5.74, 6) is 0. The zero-order chi connectivity index (χ0) is 17.8. The van der Waals surface area contributed by atoms with Crippen molar-refractivity contribution < 1.29 is 0 Å². The summed E-state index contributed by atoms with van der Waals surface area (Å²) in [6, 6.07) is 21.2. The lowest BCUT2D eigenvalue weighted by molar-refractivity contribution is 0.781. The van der Waals surface area contributed by atoms with Gasteiger partial charge in [0, 0.05) is 0 Å². The summed E-state index contributed by atoms with van der Waals surface area (Å²) < 4.78 is 0. The van der Waals surface area contributed by atoms with E-state index < -0.39 is 8.07 Å². The summed E-state index contributed by atoms with van der Waals surface area (Å²) in [5.41, 5.74) is 7.01. The predicted octanol–water partition coefficient (Wildman–Crippen LogP) is 5.68. The van der Waals surface area contributed by atoms with Crippen molar-refractivity contribution in [3.8, 4) is 0 Å². The molecule has 0 amide bonds. The Bertz CT molecular complexity index is 695. The van der Waals surface area contributed by atoms with Crippen LogP contribution in [-0.2, 0) is 6.54 Å². The molecule has 2 aromatic carbocycles. The lowest BCUT2D eigenvalue weighted by Gasteiger charge is -2.16. The molecule has 25 heavy (non-hydrogen) atoms. The second kappa shape index (κ2) is 10.7. The van der Waals surface area contributed by atoms with Crippen molar-refractivity contribution in [2.45, 2.75) is 45.3 Å². The van der Waals surface area contributed by atoms with Crippen LogP contribution in [0.2, 0.25) is 13.1 Å². The van der Waals surface area contributed by atoms with E-state index in [1.807, 2.05) is 6.07 Å². The van der Waals surface area contributed by atoms with Crippen molar-refractivity contribution in [1.82, 2.24) is 0 Å². The fourth-order valence-corrected chi connectivity index (χ4v) is 4.38. The molecule has 1 nitrogen and oxygen atoms in total. The number of benzene rings is 2. The second-order valence-corrected chi connectivity index (χ2v) is 11.2. The molecule has 0 radical (unpaired) electrons. The number of rotatable bonds is 9. The summed E-state index contributed by atoms with van der Waals surface area (Å²) in [6.07, 6.45) is 8.81. The van der Waals surface area contributed by atoms with Crippen LogP contribution in [0.15, 0.2) is 83.2 Å². The Hall–Kier alpha value is -2.15. The first-order valence-electron chi connectivity index (χ1n) is 9.18. The van der Waals surface area contributed by atoms with E-state index in [0.29, 0.717) is 0 Å². The van der Waals surface area contributed by atoms with E-state index in [1.165, 1.54) is 23.6 Å². The monoisotopic (exact) mass is 347 g/mol. The molecule has 0 spiro atoms. The smallest absolute Gasteiger partial charge is 0.112 e. The highest BCUT2D eigenvalue weighted by atomic mass is 28.3. The van der Waals surface area contributed by atoms with Gasteiger partial charge in [0.1, 0.15) is 8.07 Å². The van der Waals surface area contributed by atoms with Crippen LogP contribution in [0.5, 0.6) is 0 Å². The first kappa shape index (κ1) is 19.2. The van der Waals surface area contributed by atoms with Crippen molar-refractivity contribution in [2.24, 2.45) is 4.99 Å². The van der Waals surface area contributed by atoms with E-state index in [1.54, 1.807) is 0 Å². The van der Waals surface area contributed by atoms with Gasteiger partial charge in [0.2, 0.25) is 0 Å². The van der Waals surface area contributed by atoms with Crippen LogP contribution in [0.4, 0.5) is 0 Å². The number of aliphatic imine (C=N–C) groups is 1. The van der Waals surface area contributed by atoms with E-state index in [0.717, 1.165) is 19.4 Å². The van der Waals surface area contributed by atoms with Crippen molar-refractivity contribution in [3.05, 3.63) is 83.7 Å². The Morgan fingerprint density at radius 2 is 1.52 bits per heavy atom. The lowest BCUT2D eigenvalue weighted by Crippen LogP contribution is -2.39. The Morgan fingerprint density at radius 1 is 0.880 bits per heavy atom. The van der Waals surface area contributed by atoms with Crippen LogP contribution in [0.1, 0.15) is 31.2 Å². The standard InChI is InChI=1S/C23H29NSi/c1-25(2,23-17-11-8-12-18-23)20-14-6-4-3-5-13-19-24-21-22-15-9-7-10-16-22/h6-12,15-20H,3-5,13,21H2,1-2H3. The Kier molecular flexibility index (Phi) is 8.17. The average molecular weight is 348 g/mol. The molecule has 0 heterocycles. The van der Waals surface area contributed by atoms with Gasteiger partial charge in [0.15, 0.2) is 0 Å². The van der Waals surface area contributed by atoms with Crippen molar-refractivity contribution >= 4 is 19.5 Å². The molecule has 0 aliphatic heterocycles. The highest BCUT2D eigenvalue weighted by Gasteiger charge is 2.18. The largest absolute Gasteiger partial charge is 0.293 e. The van der Waals surface area contributed by atoms with Crippen LogP contribution in [0, 0.1) is 0 Å². The molecule has 0 aromatic heterocycles.